The van der Waals surface area contributed by atoms with Crippen LogP contribution in [0.25, 0.3) is 0 Å². The summed E-state index contributed by atoms with van der Waals surface area (Å²) in [5.74, 6) is -5.02. The van der Waals surface area contributed by atoms with E-state index < -0.39 is 36.4 Å². The van der Waals surface area contributed by atoms with Gasteiger partial charge in [0, 0.05) is 5.69 Å². The predicted octanol–water partition coefficient (Wildman–Crippen LogP) is -0.222. The Hall–Kier alpha value is -2.42. The van der Waals surface area contributed by atoms with Gasteiger partial charge in [0.15, 0.2) is 5.60 Å². The molecule has 0 unspecified atom stereocenters. The zero-order valence-electron chi connectivity index (χ0n) is 11.0. The second kappa shape index (κ2) is 7.24. The molecule has 0 atom stereocenters. The van der Waals surface area contributed by atoms with E-state index in [1.165, 1.54) is 5.56 Å². The van der Waals surface area contributed by atoms with Gasteiger partial charge in [0.1, 0.15) is 0 Å². The van der Waals surface area contributed by atoms with E-state index in [2.05, 4.69) is 10.2 Å². The minimum Gasteiger partial charge on any atom is -0.481 e. The van der Waals surface area contributed by atoms with Gasteiger partial charge in [-0.25, -0.2) is 4.79 Å². The number of aryl methyl sites for hydroxylation is 2. The molecule has 0 radical (unpaired) electrons. The van der Waals surface area contributed by atoms with Crippen molar-refractivity contribution in [3.8, 4) is 0 Å². The van der Waals surface area contributed by atoms with Gasteiger partial charge >= 0.3 is 17.9 Å². The van der Waals surface area contributed by atoms with Crippen molar-refractivity contribution < 1.29 is 34.8 Å². The van der Waals surface area contributed by atoms with Crippen LogP contribution in [-0.4, -0.2) is 54.1 Å². The highest BCUT2D eigenvalue weighted by Gasteiger charge is 2.40. The first-order chi connectivity index (χ1) is 9.08. The Morgan fingerprint density at radius 1 is 1.15 bits per heavy atom. The van der Waals surface area contributed by atoms with E-state index in [1.54, 1.807) is 0 Å². The van der Waals surface area contributed by atoms with Crippen molar-refractivity contribution >= 4 is 17.9 Å². The number of carbonyl (C=O) groups is 3. The average molecular weight is 288 g/mol. The third-order valence-electron chi connectivity index (χ3n) is 2.37. The number of carboxylic acids is 3. The normalized spacial score (nSPS) is 10.3. The van der Waals surface area contributed by atoms with Crippen LogP contribution in [0.2, 0.25) is 0 Å². The van der Waals surface area contributed by atoms with Gasteiger partial charge < -0.3 is 20.4 Å². The van der Waals surface area contributed by atoms with Crippen molar-refractivity contribution in [2.24, 2.45) is 0 Å². The molecule has 0 amide bonds. The van der Waals surface area contributed by atoms with Crippen molar-refractivity contribution in [2.45, 2.75) is 32.3 Å². The molecule has 1 aromatic rings. The van der Waals surface area contributed by atoms with Gasteiger partial charge in [0.25, 0.3) is 0 Å². The number of rotatable bonds is 5. The van der Waals surface area contributed by atoms with Gasteiger partial charge in [-0.05, 0) is 19.4 Å². The standard InChI is InChI=1S/C6H8O7.C5H8N2/c7-3(8)1-6(13,5(11)12)2-4(9)10;1-4-3-6-7-5(4)2/h13H,1-2H2,(H,7,8)(H,9,10)(H,11,12);3H,1-2H3,(H,6,7). The van der Waals surface area contributed by atoms with Gasteiger partial charge in [0.05, 0.1) is 19.0 Å². The maximum absolute atomic E-state index is 10.3. The smallest absolute Gasteiger partial charge is 0.336 e. The van der Waals surface area contributed by atoms with Crippen molar-refractivity contribution in [3.05, 3.63) is 17.5 Å². The van der Waals surface area contributed by atoms with Crippen molar-refractivity contribution in [2.75, 3.05) is 0 Å². The number of carboxylic acid groups (broad SMARTS) is 3. The second-order valence-corrected chi connectivity index (χ2v) is 4.16. The molecule has 1 rings (SSSR count). The minimum absolute atomic E-state index is 1.14. The second-order valence-electron chi connectivity index (χ2n) is 4.16. The van der Waals surface area contributed by atoms with Crippen LogP contribution < -0.4 is 0 Å². The molecule has 0 aromatic carbocycles. The Labute approximate surface area is 113 Å². The summed E-state index contributed by atoms with van der Waals surface area (Å²) in [6.07, 6.45) is -0.474. The van der Waals surface area contributed by atoms with Crippen LogP contribution in [0, 0.1) is 13.8 Å². The molecule has 0 fully saturated rings. The molecule has 0 spiro atoms. The summed E-state index contributed by atoms with van der Waals surface area (Å²) in [6.45, 7) is 4.03. The molecular weight excluding hydrogens is 272 g/mol. The van der Waals surface area contributed by atoms with Crippen molar-refractivity contribution in [1.82, 2.24) is 10.2 Å². The van der Waals surface area contributed by atoms with Gasteiger partial charge in [-0.3, -0.25) is 14.7 Å². The highest BCUT2D eigenvalue weighted by molar-refractivity contribution is 5.88. The summed E-state index contributed by atoms with van der Waals surface area (Å²) in [6, 6.07) is 0. The molecular formula is C11H16N2O7. The van der Waals surface area contributed by atoms with Gasteiger partial charge in [-0.2, -0.15) is 5.10 Å². The Balaban J connectivity index is 0.000000428. The molecule has 0 saturated carbocycles. The molecule has 0 aliphatic heterocycles. The maximum atomic E-state index is 10.3. The number of nitrogens with zero attached hydrogens (tertiary/aromatic N) is 1. The van der Waals surface area contributed by atoms with Crippen molar-refractivity contribution in [3.63, 3.8) is 0 Å². The van der Waals surface area contributed by atoms with Crippen LogP contribution in [0.15, 0.2) is 6.20 Å². The fourth-order valence-corrected chi connectivity index (χ4v) is 1.13. The van der Waals surface area contributed by atoms with Gasteiger partial charge in [-0.1, -0.05) is 0 Å². The maximum Gasteiger partial charge on any atom is 0.336 e. The highest BCUT2D eigenvalue weighted by Crippen LogP contribution is 2.15. The summed E-state index contributed by atoms with van der Waals surface area (Å²) in [5.41, 5.74) is -0.363. The fourth-order valence-electron chi connectivity index (χ4n) is 1.13. The summed E-state index contributed by atoms with van der Waals surface area (Å²) < 4.78 is 0. The largest absolute Gasteiger partial charge is 0.481 e. The van der Waals surface area contributed by atoms with Crippen LogP contribution in [-0.2, 0) is 14.4 Å². The summed E-state index contributed by atoms with van der Waals surface area (Å²) >= 11 is 0. The lowest BCUT2D eigenvalue weighted by Crippen LogP contribution is -2.42. The van der Waals surface area contributed by atoms with Crippen LogP contribution >= 0.6 is 0 Å². The van der Waals surface area contributed by atoms with E-state index >= 15 is 0 Å². The number of aliphatic carboxylic acids is 3. The molecule has 9 heteroatoms. The minimum atomic E-state index is -2.74. The number of aliphatic hydroxyl groups is 1. The quantitative estimate of drug-likeness (QED) is 0.496. The van der Waals surface area contributed by atoms with Crippen LogP contribution in [0.3, 0.4) is 0 Å². The summed E-state index contributed by atoms with van der Waals surface area (Å²) in [5, 5.41) is 40.4. The number of nitrogens with one attached hydrogen (secondary N) is 1. The van der Waals surface area contributed by atoms with Crippen LogP contribution in [0.1, 0.15) is 24.1 Å². The number of hydrogen-bond donors (Lipinski definition) is 5. The molecule has 112 valence electrons. The SMILES string of the molecule is Cc1cn[nH]c1C.O=C(O)CC(O)(CC(=O)O)C(=O)O. The molecule has 0 saturated heterocycles. The zero-order valence-corrected chi connectivity index (χ0v) is 11.0. The van der Waals surface area contributed by atoms with E-state index in [9.17, 15) is 14.4 Å². The Kier molecular flexibility index (Phi) is 6.36. The Morgan fingerprint density at radius 2 is 1.60 bits per heavy atom. The Bertz CT molecular complexity index is 462. The van der Waals surface area contributed by atoms with Crippen LogP contribution in [0.4, 0.5) is 0 Å². The van der Waals surface area contributed by atoms with E-state index in [-0.39, 0.29) is 0 Å². The van der Waals surface area contributed by atoms with Gasteiger partial charge in [-0.15, -0.1) is 0 Å². The number of aromatic amines is 1. The lowest BCUT2D eigenvalue weighted by Gasteiger charge is -2.18. The molecule has 0 aliphatic rings. The average Bonchev–Trinajstić information content (AvgIpc) is 2.61. The van der Waals surface area contributed by atoms with Gasteiger partial charge in [0.2, 0.25) is 0 Å². The van der Waals surface area contributed by atoms with Crippen LogP contribution in [0.5, 0.6) is 0 Å². The van der Waals surface area contributed by atoms with E-state index in [0.29, 0.717) is 0 Å². The molecule has 9 nitrogen and oxygen atoms in total. The number of aromatic nitrogens is 2. The summed E-state index contributed by atoms with van der Waals surface area (Å²) in [7, 11) is 0. The topological polar surface area (TPSA) is 161 Å². The first kappa shape index (κ1) is 17.6. The van der Waals surface area contributed by atoms with Crippen molar-refractivity contribution in [1.29, 1.82) is 0 Å². The highest BCUT2D eigenvalue weighted by atomic mass is 16.4. The van der Waals surface area contributed by atoms with E-state index in [0.717, 1.165) is 5.69 Å². The molecule has 1 aromatic heterocycles. The number of H-pyrrole nitrogens is 1. The lowest BCUT2D eigenvalue weighted by molar-refractivity contribution is -0.170. The zero-order chi connectivity index (χ0) is 15.9. The first-order valence-electron chi connectivity index (χ1n) is 5.44. The molecule has 1 heterocycles. The molecule has 5 N–H and O–H groups in total. The van der Waals surface area contributed by atoms with E-state index in [1.807, 2.05) is 20.0 Å². The Morgan fingerprint density at radius 3 is 1.75 bits per heavy atom. The molecule has 20 heavy (non-hydrogen) atoms. The summed E-state index contributed by atoms with van der Waals surface area (Å²) in [4.78, 5) is 30.5. The first-order valence-corrected chi connectivity index (χ1v) is 5.44. The van der Waals surface area contributed by atoms with E-state index in [4.69, 9.17) is 20.4 Å². The third kappa shape index (κ3) is 5.96. The number of hydrogen-bond acceptors (Lipinski definition) is 5. The fraction of sp³-hybridized carbons (Fsp3) is 0.455. The lowest BCUT2D eigenvalue weighted by atomic mass is 9.96. The molecule has 0 bridgehead atoms. The third-order valence-corrected chi connectivity index (χ3v) is 2.37. The molecule has 0 aliphatic carbocycles. The predicted molar refractivity (Wildman–Crippen MR) is 65.2 cm³/mol. The monoisotopic (exact) mass is 288 g/mol.